The first kappa shape index (κ1) is 32.3. The Kier molecular flexibility index (Phi) is 12.0. The van der Waals surface area contributed by atoms with E-state index in [1.165, 1.54) is 17.5 Å². The highest BCUT2D eigenvalue weighted by Gasteiger charge is 2.19. The minimum Gasteiger partial charge on any atom is -0.412 e. The summed E-state index contributed by atoms with van der Waals surface area (Å²) in [4.78, 5) is 31.0. The smallest absolute Gasteiger partial charge is 0.267 e. The van der Waals surface area contributed by atoms with E-state index in [1.54, 1.807) is 6.07 Å². The van der Waals surface area contributed by atoms with E-state index in [1.807, 2.05) is 32.0 Å². The molecule has 1 aliphatic rings. The number of carbonyl (C=O) groups excluding carboxylic acids is 1. The quantitative estimate of drug-likeness (QED) is 0.289. The number of β-amino-alcohol motifs (C(OH)–C–C–N with tert-alkyl or cyclic N) is 1. The van der Waals surface area contributed by atoms with Crippen LogP contribution in [0.25, 0.3) is 0 Å². The molecule has 1 amide bonds. The predicted octanol–water partition coefficient (Wildman–Crippen LogP) is 1.99. The van der Waals surface area contributed by atoms with E-state index in [0.29, 0.717) is 45.2 Å². The number of carbonyl (C=O) groups is 1. The maximum absolute atomic E-state index is 12.7. The summed E-state index contributed by atoms with van der Waals surface area (Å²) in [6, 6.07) is 7.37. The number of aromatic nitrogens is 3. The Bertz CT molecular complexity index is 1340. The summed E-state index contributed by atoms with van der Waals surface area (Å²) in [6.07, 6.45) is 2.25. The molecule has 3 heterocycles. The molecule has 16 heteroatoms. The monoisotopic (exact) mass is 601 g/mol. The first-order valence-corrected chi connectivity index (χ1v) is 14.6. The van der Waals surface area contributed by atoms with E-state index in [2.05, 4.69) is 35.4 Å². The molecule has 13 nitrogen and oxygen atoms in total. The van der Waals surface area contributed by atoms with Crippen molar-refractivity contribution in [3.63, 3.8) is 0 Å². The number of aliphatic hydroxyl groups is 1. The fraction of sp³-hybridized carbons (Fsp3) is 0.391. The lowest BCUT2D eigenvalue weighted by Crippen LogP contribution is -2.47. The van der Waals surface area contributed by atoms with Crippen LogP contribution >= 0.6 is 22.9 Å². The maximum Gasteiger partial charge on any atom is 0.267 e. The average Bonchev–Trinajstić information content (AvgIpc) is 3.29. The SMILES string of the molecule is CS(=O)(=O)O.Cc1nc(Nc2ncc(C(=O)Nc3c(C)cccc3Cl)s2)cc(N2CCN(CCO)CC2)n1.O. The molecule has 0 saturated carbocycles. The highest BCUT2D eigenvalue weighted by atomic mass is 35.5. The number of aliphatic hydroxyl groups excluding tert-OH is 1. The van der Waals surface area contributed by atoms with E-state index in [-0.39, 0.29) is 18.0 Å². The van der Waals surface area contributed by atoms with Gasteiger partial charge >= 0.3 is 0 Å². The molecule has 214 valence electrons. The molecule has 0 atom stereocenters. The van der Waals surface area contributed by atoms with Crippen LogP contribution in [0.3, 0.4) is 0 Å². The van der Waals surface area contributed by atoms with Gasteiger partial charge in [-0.2, -0.15) is 8.42 Å². The van der Waals surface area contributed by atoms with E-state index in [0.717, 1.165) is 37.6 Å². The van der Waals surface area contributed by atoms with Crippen molar-refractivity contribution in [1.82, 2.24) is 19.9 Å². The van der Waals surface area contributed by atoms with Gasteiger partial charge in [-0.3, -0.25) is 14.2 Å². The zero-order valence-corrected chi connectivity index (χ0v) is 24.1. The van der Waals surface area contributed by atoms with Crippen molar-refractivity contribution in [2.45, 2.75) is 13.8 Å². The Balaban J connectivity index is 0.000000816. The topological polar surface area (TPSA) is 192 Å². The second-order valence-corrected chi connectivity index (χ2v) is 11.4. The van der Waals surface area contributed by atoms with Crippen molar-refractivity contribution in [3.05, 3.63) is 51.7 Å². The van der Waals surface area contributed by atoms with Crippen molar-refractivity contribution in [3.8, 4) is 0 Å². The summed E-state index contributed by atoms with van der Waals surface area (Å²) < 4.78 is 25.9. The lowest BCUT2D eigenvalue weighted by atomic mass is 10.2. The Morgan fingerprint density at radius 1 is 1.18 bits per heavy atom. The molecule has 0 bridgehead atoms. The first-order valence-electron chi connectivity index (χ1n) is 11.6. The van der Waals surface area contributed by atoms with Crippen LogP contribution in [0.15, 0.2) is 30.5 Å². The van der Waals surface area contributed by atoms with Crippen LogP contribution in [0.2, 0.25) is 5.02 Å². The summed E-state index contributed by atoms with van der Waals surface area (Å²) in [5.74, 6) is 1.85. The molecule has 6 N–H and O–H groups in total. The molecule has 1 aliphatic heterocycles. The largest absolute Gasteiger partial charge is 0.412 e. The number of piperazine rings is 1. The third-order valence-corrected chi connectivity index (χ3v) is 6.59. The zero-order valence-electron chi connectivity index (χ0n) is 21.7. The Morgan fingerprint density at radius 2 is 1.85 bits per heavy atom. The van der Waals surface area contributed by atoms with Gasteiger partial charge in [-0.15, -0.1) is 0 Å². The number of para-hydroxylation sites is 1. The number of nitrogens with zero attached hydrogens (tertiary/aromatic N) is 5. The number of amides is 1. The van der Waals surface area contributed by atoms with Crippen LogP contribution < -0.4 is 15.5 Å². The number of hydrogen-bond acceptors (Lipinski definition) is 11. The highest BCUT2D eigenvalue weighted by Crippen LogP contribution is 2.28. The van der Waals surface area contributed by atoms with Crippen LogP contribution in [-0.4, -0.2) is 94.9 Å². The molecule has 1 saturated heterocycles. The molecule has 0 spiro atoms. The highest BCUT2D eigenvalue weighted by molar-refractivity contribution is 7.85. The Morgan fingerprint density at radius 3 is 2.46 bits per heavy atom. The van der Waals surface area contributed by atoms with Crippen LogP contribution in [0.1, 0.15) is 21.1 Å². The number of nitrogens with one attached hydrogen (secondary N) is 2. The van der Waals surface area contributed by atoms with Gasteiger partial charge in [0.15, 0.2) is 5.13 Å². The second kappa shape index (κ2) is 14.5. The number of rotatable bonds is 7. The molecule has 0 unspecified atom stereocenters. The van der Waals surface area contributed by atoms with Crippen LogP contribution in [0, 0.1) is 13.8 Å². The number of halogens is 1. The Hall–Kier alpha value is -2.92. The van der Waals surface area contributed by atoms with Gasteiger partial charge in [0, 0.05) is 38.8 Å². The van der Waals surface area contributed by atoms with E-state index < -0.39 is 10.1 Å². The molecule has 0 aliphatic carbocycles. The van der Waals surface area contributed by atoms with Crippen molar-refractivity contribution >= 4 is 61.4 Å². The van der Waals surface area contributed by atoms with Gasteiger partial charge in [-0.05, 0) is 25.5 Å². The zero-order chi connectivity index (χ0) is 27.9. The maximum atomic E-state index is 12.7. The number of thiazole rings is 1. The molecule has 1 fully saturated rings. The van der Waals surface area contributed by atoms with Crippen LogP contribution in [0.4, 0.5) is 22.5 Å². The van der Waals surface area contributed by atoms with Crippen molar-refractivity contribution in [2.24, 2.45) is 0 Å². The van der Waals surface area contributed by atoms with Crippen molar-refractivity contribution < 1.29 is 28.3 Å². The van der Waals surface area contributed by atoms with E-state index in [4.69, 9.17) is 21.3 Å². The molecular formula is C23H32ClN7O6S2. The van der Waals surface area contributed by atoms with E-state index >= 15 is 0 Å². The summed E-state index contributed by atoms with van der Waals surface area (Å²) in [6.45, 7) is 8.03. The summed E-state index contributed by atoms with van der Waals surface area (Å²) >= 11 is 7.46. The fourth-order valence-corrected chi connectivity index (χ4v) is 4.62. The molecule has 4 rings (SSSR count). The lowest BCUT2D eigenvalue weighted by Gasteiger charge is -2.35. The van der Waals surface area contributed by atoms with E-state index in [9.17, 15) is 13.2 Å². The first-order chi connectivity index (χ1) is 17.9. The summed E-state index contributed by atoms with van der Waals surface area (Å²) in [7, 11) is -3.67. The standard InChI is InChI=1S/C22H26ClN7O2S.CH4O3S.H2O/c1-14-4-3-5-16(23)20(14)28-21(32)17-13-24-22(33-17)27-18-12-19(26-15(2)25-18)30-8-6-29(7-9-30)10-11-31;1-5(2,3)4;/h3-5,12-13,31H,6-11H2,1-2H3,(H,28,32)(H,24,25,26,27);1H3,(H,2,3,4);1H2. The van der Waals surface area contributed by atoms with Gasteiger partial charge in [-0.25, -0.2) is 15.0 Å². The van der Waals surface area contributed by atoms with Gasteiger partial charge < -0.3 is 26.1 Å². The normalized spacial score (nSPS) is 13.6. The fourth-order valence-electron chi connectivity index (χ4n) is 3.63. The molecule has 3 aromatic rings. The number of aryl methyl sites for hydroxylation is 2. The molecule has 39 heavy (non-hydrogen) atoms. The van der Waals surface area contributed by atoms with Gasteiger partial charge in [0.1, 0.15) is 22.3 Å². The lowest BCUT2D eigenvalue weighted by molar-refractivity contribution is 0.103. The van der Waals surface area contributed by atoms with Gasteiger partial charge in [0.2, 0.25) is 0 Å². The van der Waals surface area contributed by atoms with Gasteiger partial charge in [-0.1, -0.05) is 35.1 Å². The predicted molar refractivity (Wildman–Crippen MR) is 153 cm³/mol. The average molecular weight is 602 g/mol. The summed E-state index contributed by atoms with van der Waals surface area (Å²) in [5.41, 5.74) is 1.49. The number of benzene rings is 1. The number of hydrogen-bond donors (Lipinski definition) is 4. The molecule has 0 radical (unpaired) electrons. The summed E-state index contributed by atoms with van der Waals surface area (Å²) in [5, 5.41) is 16.2. The second-order valence-electron chi connectivity index (χ2n) is 8.48. The molecular weight excluding hydrogens is 570 g/mol. The third kappa shape index (κ3) is 10.3. The van der Waals surface area contributed by atoms with Gasteiger partial charge in [0.25, 0.3) is 16.0 Å². The minimum atomic E-state index is -3.67. The number of anilines is 4. The van der Waals surface area contributed by atoms with Crippen molar-refractivity contribution in [2.75, 3.05) is 61.1 Å². The van der Waals surface area contributed by atoms with Crippen LogP contribution in [-0.2, 0) is 10.1 Å². The Labute approximate surface area is 235 Å². The minimum absolute atomic E-state index is 0. The molecule has 2 aromatic heterocycles. The van der Waals surface area contributed by atoms with Crippen LogP contribution in [0.5, 0.6) is 0 Å². The van der Waals surface area contributed by atoms with Crippen molar-refractivity contribution in [1.29, 1.82) is 0 Å². The third-order valence-electron chi connectivity index (χ3n) is 5.36. The molecule has 1 aromatic carbocycles. The van der Waals surface area contributed by atoms with Gasteiger partial charge in [0.05, 0.1) is 29.8 Å².